The maximum absolute atomic E-state index is 13.1. The molecule has 1 aromatic heterocycles. The lowest BCUT2D eigenvalue weighted by Gasteiger charge is -2.32. The Kier molecular flexibility index (Phi) is 6.93. The van der Waals surface area contributed by atoms with Crippen molar-refractivity contribution in [3.8, 4) is 11.5 Å². The summed E-state index contributed by atoms with van der Waals surface area (Å²) in [6.45, 7) is 1.37. The second-order valence-electron chi connectivity index (χ2n) is 9.76. The number of nitrogens with zero attached hydrogens (tertiary/aromatic N) is 2. The van der Waals surface area contributed by atoms with Crippen molar-refractivity contribution in [2.75, 3.05) is 13.1 Å². The molecule has 34 heavy (non-hydrogen) atoms. The average molecular weight is 460 g/mol. The van der Waals surface area contributed by atoms with E-state index < -0.39 is 0 Å². The highest BCUT2D eigenvalue weighted by molar-refractivity contribution is 5.97. The Morgan fingerprint density at radius 2 is 1.68 bits per heavy atom. The largest absolute Gasteiger partial charge is 0.436 e. The first-order chi connectivity index (χ1) is 16.7. The highest BCUT2D eigenvalue weighted by Crippen LogP contribution is 2.27. The van der Waals surface area contributed by atoms with Crippen molar-refractivity contribution in [1.82, 2.24) is 15.2 Å². The van der Waals surface area contributed by atoms with Gasteiger partial charge in [-0.15, -0.1) is 0 Å². The molecule has 1 saturated heterocycles. The quantitative estimate of drug-likeness (QED) is 0.506. The van der Waals surface area contributed by atoms with Gasteiger partial charge in [-0.1, -0.05) is 43.9 Å². The Bertz CT molecular complexity index is 1120. The lowest BCUT2D eigenvalue weighted by atomic mass is 9.92. The van der Waals surface area contributed by atoms with Crippen molar-refractivity contribution < 1.29 is 14.0 Å². The molecule has 2 fully saturated rings. The molecule has 6 heteroatoms. The van der Waals surface area contributed by atoms with Crippen LogP contribution in [0, 0.1) is 5.92 Å². The van der Waals surface area contributed by atoms with Crippen LogP contribution in [0.1, 0.15) is 68.1 Å². The van der Waals surface area contributed by atoms with Crippen LogP contribution in [0.2, 0.25) is 0 Å². The van der Waals surface area contributed by atoms with Gasteiger partial charge in [0.05, 0.1) is 0 Å². The zero-order valence-corrected chi connectivity index (χ0v) is 19.7. The fourth-order valence-corrected chi connectivity index (χ4v) is 5.26. The second-order valence-corrected chi connectivity index (χ2v) is 9.76. The van der Waals surface area contributed by atoms with Gasteiger partial charge in [0.15, 0.2) is 5.58 Å². The van der Waals surface area contributed by atoms with Gasteiger partial charge in [0.1, 0.15) is 5.52 Å². The van der Waals surface area contributed by atoms with Gasteiger partial charge in [0.25, 0.3) is 5.91 Å². The summed E-state index contributed by atoms with van der Waals surface area (Å²) in [6, 6.07) is 15.6. The number of likely N-dealkylation sites (tertiary alicyclic amines) is 1. The molecule has 0 radical (unpaired) electrons. The van der Waals surface area contributed by atoms with Crippen molar-refractivity contribution in [3.63, 3.8) is 0 Å². The van der Waals surface area contributed by atoms with Crippen molar-refractivity contribution in [1.29, 1.82) is 0 Å². The van der Waals surface area contributed by atoms with Gasteiger partial charge in [0.2, 0.25) is 11.8 Å². The number of piperidine rings is 1. The van der Waals surface area contributed by atoms with E-state index in [1.165, 1.54) is 25.7 Å². The molecule has 2 amide bonds. The predicted octanol–water partition coefficient (Wildman–Crippen LogP) is 5.58. The SMILES string of the molecule is O=C(CC1CCN(C(=O)c2ccc3nc(-c4ccccc4)oc3c2)CC1)NC1CCCCCC1. The number of amides is 2. The number of fused-ring (bicyclic) bond motifs is 1. The molecule has 0 atom stereocenters. The van der Waals surface area contributed by atoms with E-state index >= 15 is 0 Å². The fourth-order valence-electron chi connectivity index (χ4n) is 5.26. The average Bonchev–Trinajstić information content (AvgIpc) is 3.13. The number of carbonyl (C=O) groups is 2. The first kappa shape index (κ1) is 22.6. The lowest BCUT2D eigenvalue weighted by Crippen LogP contribution is -2.41. The van der Waals surface area contributed by atoms with Gasteiger partial charge < -0.3 is 14.6 Å². The van der Waals surface area contributed by atoms with Gasteiger partial charge in [-0.25, -0.2) is 4.98 Å². The van der Waals surface area contributed by atoms with Gasteiger partial charge in [-0.3, -0.25) is 9.59 Å². The Balaban J connectivity index is 1.15. The van der Waals surface area contributed by atoms with E-state index in [4.69, 9.17) is 4.42 Å². The maximum atomic E-state index is 13.1. The monoisotopic (exact) mass is 459 g/mol. The molecule has 2 heterocycles. The zero-order valence-electron chi connectivity index (χ0n) is 19.7. The van der Waals surface area contributed by atoms with E-state index in [0.717, 1.165) is 36.8 Å². The fraction of sp³-hybridized carbons (Fsp3) is 0.464. The van der Waals surface area contributed by atoms with Crippen molar-refractivity contribution in [2.24, 2.45) is 5.92 Å². The number of hydrogen-bond acceptors (Lipinski definition) is 4. The molecule has 1 aliphatic heterocycles. The first-order valence-corrected chi connectivity index (χ1v) is 12.7. The molecule has 6 nitrogen and oxygen atoms in total. The van der Waals surface area contributed by atoms with Crippen LogP contribution < -0.4 is 5.32 Å². The van der Waals surface area contributed by atoms with E-state index in [1.807, 2.05) is 47.4 Å². The number of carbonyl (C=O) groups excluding carboxylic acids is 2. The highest BCUT2D eigenvalue weighted by atomic mass is 16.3. The summed E-state index contributed by atoms with van der Waals surface area (Å²) in [6.07, 6.45) is 9.55. The van der Waals surface area contributed by atoms with Gasteiger partial charge in [-0.2, -0.15) is 0 Å². The Morgan fingerprint density at radius 3 is 2.41 bits per heavy atom. The van der Waals surface area contributed by atoms with Gasteiger partial charge in [0, 0.05) is 36.7 Å². The molecule has 0 unspecified atom stereocenters. The topological polar surface area (TPSA) is 75.4 Å². The van der Waals surface area contributed by atoms with Crippen molar-refractivity contribution in [2.45, 2.75) is 63.8 Å². The lowest BCUT2D eigenvalue weighted by molar-refractivity contribution is -0.123. The summed E-state index contributed by atoms with van der Waals surface area (Å²) in [5, 5.41) is 3.26. The van der Waals surface area contributed by atoms with Crippen molar-refractivity contribution in [3.05, 3.63) is 54.1 Å². The minimum absolute atomic E-state index is 0.0147. The van der Waals surface area contributed by atoms with Crippen LogP contribution in [0.25, 0.3) is 22.6 Å². The molecule has 0 spiro atoms. The van der Waals surface area contributed by atoms with Crippen LogP contribution in [-0.2, 0) is 4.79 Å². The molecule has 2 aromatic carbocycles. The summed E-state index contributed by atoms with van der Waals surface area (Å²) in [5.74, 6) is 1.10. The van der Waals surface area contributed by atoms with Gasteiger partial charge in [-0.05, 0) is 61.9 Å². The summed E-state index contributed by atoms with van der Waals surface area (Å²) in [4.78, 5) is 32.1. The normalized spacial score (nSPS) is 18.1. The summed E-state index contributed by atoms with van der Waals surface area (Å²) in [7, 11) is 0. The molecular weight excluding hydrogens is 426 g/mol. The highest BCUT2D eigenvalue weighted by Gasteiger charge is 2.26. The third-order valence-electron chi connectivity index (χ3n) is 7.25. The van der Waals surface area contributed by atoms with Crippen LogP contribution in [0.15, 0.2) is 52.9 Å². The van der Waals surface area contributed by atoms with Crippen LogP contribution in [0.4, 0.5) is 0 Å². The first-order valence-electron chi connectivity index (χ1n) is 12.7. The molecule has 1 N–H and O–H groups in total. The Hall–Kier alpha value is -3.15. The third kappa shape index (κ3) is 5.32. The molecule has 178 valence electrons. The third-order valence-corrected chi connectivity index (χ3v) is 7.25. The van der Waals surface area contributed by atoms with Crippen LogP contribution in [-0.4, -0.2) is 40.8 Å². The van der Waals surface area contributed by atoms with E-state index in [-0.39, 0.29) is 11.8 Å². The maximum Gasteiger partial charge on any atom is 0.253 e. The molecule has 1 saturated carbocycles. The smallest absolute Gasteiger partial charge is 0.253 e. The van der Waals surface area contributed by atoms with Crippen molar-refractivity contribution >= 4 is 22.9 Å². The number of hydrogen-bond donors (Lipinski definition) is 1. The molecule has 3 aromatic rings. The standard InChI is InChI=1S/C28H33N3O3/c32-26(29-23-10-6-1-2-7-11-23)18-20-14-16-31(17-15-20)28(33)22-12-13-24-25(19-22)34-27(30-24)21-8-4-3-5-9-21/h3-5,8-9,12-13,19-20,23H,1-2,6-7,10-11,14-18H2,(H,29,32). The molecule has 5 rings (SSSR count). The Morgan fingerprint density at radius 1 is 0.941 bits per heavy atom. The number of nitrogens with one attached hydrogen (secondary N) is 1. The minimum atomic E-state index is 0.0147. The minimum Gasteiger partial charge on any atom is -0.436 e. The zero-order chi connectivity index (χ0) is 23.3. The van der Waals surface area contributed by atoms with Crippen LogP contribution in [0.5, 0.6) is 0 Å². The number of oxazole rings is 1. The molecule has 2 aliphatic rings. The molecular formula is C28H33N3O3. The Labute approximate surface area is 200 Å². The van der Waals surface area contributed by atoms with Crippen LogP contribution >= 0.6 is 0 Å². The van der Waals surface area contributed by atoms with E-state index in [1.54, 1.807) is 6.07 Å². The molecule has 0 bridgehead atoms. The number of aromatic nitrogens is 1. The van der Waals surface area contributed by atoms with E-state index in [2.05, 4.69) is 10.3 Å². The second kappa shape index (κ2) is 10.4. The summed E-state index contributed by atoms with van der Waals surface area (Å²) in [5.41, 5.74) is 2.90. The van der Waals surface area contributed by atoms with E-state index in [0.29, 0.717) is 48.5 Å². The predicted molar refractivity (Wildman–Crippen MR) is 132 cm³/mol. The van der Waals surface area contributed by atoms with Gasteiger partial charge >= 0.3 is 0 Å². The van der Waals surface area contributed by atoms with E-state index in [9.17, 15) is 9.59 Å². The number of benzene rings is 2. The summed E-state index contributed by atoms with van der Waals surface area (Å²) < 4.78 is 5.94. The molecule has 1 aliphatic carbocycles. The summed E-state index contributed by atoms with van der Waals surface area (Å²) >= 11 is 0. The van der Waals surface area contributed by atoms with Crippen LogP contribution in [0.3, 0.4) is 0 Å². The number of rotatable bonds is 5.